The van der Waals surface area contributed by atoms with E-state index in [1.54, 1.807) is 12.2 Å². The number of fused-ring (bicyclic) bond motifs is 2. The molecule has 2 N–H and O–H groups in total. The second-order valence-electron chi connectivity index (χ2n) is 4.45. The Labute approximate surface area is 119 Å². The minimum Gasteiger partial charge on any atom is -0.366 e. The largest absolute Gasteiger partial charge is 0.366 e. The fraction of sp³-hybridized carbons (Fsp3) is 0. The number of carbonyl (C=O) groups excluding carboxylic acids is 2. The lowest BCUT2D eigenvalue weighted by Gasteiger charge is -2.35. The number of nitrogens with two attached hydrogens (primary N) is 1. The van der Waals surface area contributed by atoms with Gasteiger partial charge in [-0.1, -0.05) is 11.2 Å². The lowest BCUT2D eigenvalue weighted by molar-refractivity contribution is 0.0837. The first-order valence-corrected chi connectivity index (χ1v) is 6.05. The molecule has 0 aromatic heterocycles. The monoisotopic (exact) mass is 279 g/mol. The summed E-state index contributed by atoms with van der Waals surface area (Å²) < 4.78 is 0. The molecule has 0 radical (unpaired) electrons. The highest BCUT2D eigenvalue weighted by atomic mass is 16.2. The van der Waals surface area contributed by atoms with Gasteiger partial charge in [-0.05, 0) is 42.0 Å². The van der Waals surface area contributed by atoms with Gasteiger partial charge in [0.15, 0.2) is 0 Å². The van der Waals surface area contributed by atoms with Crippen molar-refractivity contribution in [3.05, 3.63) is 75.5 Å². The van der Waals surface area contributed by atoms with Gasteiger partial charge >= 0.3 is 0 Å². The van der Waals surface area contributed by atoms with E-state index in [1.165, 1.54) is 23.1 Å². The summed E-state index contributed by atoms with van der Waals surface area (Å²) in [5.74, 6) is -0.973. The molecular weight excluding hydrogens is 270 g/mol. The summed E-state index contributed by atoms with van der Waals surface area (Å²) in [4.78, 5) is 27.9. The summed E-state index contributed by atoms with van der Waals surface area (Å²) in [5, 5.41) is 3.47. The van der Waals surface area contributed by atoms with Gasteiger partial charge in [-0.2, -0.15) is 0 Å². The van der Waals surface area contributed by atoms with Crippen LogP contribution in [-0.2, 0) is 0 Å². The second kappa shape index (κ2) is 4.66. The molecule has 21 heavy (non-hydrogen) atoms. The van der Waals surface area contributed by atoms with E-state index in [9.17, 15) is 9.59 Å². The number of hydrogen-bond acceptors (Lipinski definition) is 3. The van der Waals surface area contributed by atoms with Gasteiger partial charge in [0, 0.05) is 16.0 Å². The summed E-state index contributed by atoms with van der Waals surface area (Å²) in [5.41, 5.74) is 15.8. The molecule has 0 unspecified atom stereocenters. The molecule has 2 bridgehead atoms. The lowest BCUT2D eigenvalue weighted by Crippen LogP contribution is -2.36. The molecule has 0 saturated heterocycles. The van der Waals surface area contributed by atoms with Crippen LogP contribution in [0.5, 0.6) is 0 Å². The summed E-state index contributed by atoms with van der Waals surface area (Å²) in [6.07, 6.45) is 7.31. The fourth-order valence-corrected chi connectivity index (χ4v) is 2.21. The first-order valence-electron chi connectivity index (χ1n) is 6.05. The van der Waals surface area contributed by atoms with Crippen LogP contribution in [0.4, 0.5) is 5.69 Å². The molecule has 7 nitrogen and oxygen atoms in total. The Balaban J connectivity index is 2.02. The quantitative estimate of drug-likeness (QED) is 0.520. The maximum absolute atomic E-state index is 12.5. The van der Waals surface area contributed by atoms with E-state index in [0.29, 0.717) is 0 Å². The summed E-state index contributed by atoms with van der Waals surface area (Å²) >= 11 is 0. The molecule has 2 aliphatic rings. The van der Waals surface area contributed by atoms with Gasteiger partial charge in [-0.25, -0.2) is 0 Å². The molecule has 0 saturated carbocycles. The predicted octanol–water partition coefficient (Wildman–Crippen LogP) is 2.52. The molecule has 0 spiro atoms. The van der Waals surface area contributed by atoms with Gasteiger partial charge in [-0.3, -0.25) is 14.5 Å². The molecule has 3 rings (SSSR count). The van der Waals surface area contributed by atoms with Crippen LogP contribution in [0.3, 0.4) is 0 Å². The first-order chi connectivity index (χ1) is 10.1. The third kappa shape index (κ3) is 1.98. The normalized spacial score (nSPS) is 14.6. The Morgan fingerprint density at radius 3 is 2.67 bits per heavy atom. The lowest BCUT2D eigenvalue weighted by atomic mass is 10.0. The molecule has 102 valence electrons. The Kier molecular flexibility index (Phi) is 2.82. The Hall–Kier alpha value is -3.31. The number of azide groups is 1. The van der Waals surface area contributed by atoms with Crippen LogP contribution in [0.25, 0.3) is 10.4 Å². The van der Waals surface area contributed by atoms with Crippen molar-refractivity contribution in [2.75, 3.05) is 0 Å². The van der Waals surface area contributed by atoms with Gasteiger partial charge < -0.3 is 5.73 Å². The number of benzene rings is 1. The van der Waals surface area contributed by atoms with Crippen LogP contribution in [0.2, 0.25) is 0 Å². The van der Waals surface area contributed by atoms with Gasteiger partial charge in [0.2, 0.25) is 5.91 Å². The number of primary amides is 1. The number of nitrogens with zero attached hydrogens (tertiary/aromatic N) is 4. The van der Waals surface area contributed by atoms with E-state index in [1.807, 2.05) is 12.2 Å². The standard InChI is InChI=1S/C14H9N5O2/c15-13(20)8-4-5-11(12(6-8)17-18-16)14(21)19-9-2-1-3-10(19)7-9/h1-7H,(H2,15,20). The maximum Gasteiger partial charge on any atom is 0.263 e. The summed E-state index contributed by atoms with van der Waals surface area (Å²) in [6, 6.07) is 4.18. The number of allylic oxidation sites excluding steroid dienone is 4. The van der Waals surface area contributed by atoms with Crippen LogP contribution in [0, 0.1) is 0 Å². The van der Waals surface area contributed by atoms with Crippen molar-refractivity contribution >= 4 is 17.5 Å². The topological polar surface area (TPSA) is 112 Å². The van der Waals surface area contributed by atoms with Gasteiger partial charge in [-0.15, -0.1) is 0 Å². The average molecular weight is 279 g/mol. The summed E-state index contributed by atoms with van der Waals surface area (Å²) in [7, 11) is 0. The number of rotatable bonds is 3. The molecule has 1 aromatic carbocycles. The summed E-state index contributed by atoms with van der Waals surface area (Å²) in [6.45, 7) is 0. The molecule has 7 heteroatoms. The molecule has 0 aliphatic carbocycles. The highest BCUT2D eigenvalue weighted by Gasteiger charge is 2.31. The fourth-order valence-electron chi connectivity index (χ4n) is 2.21. The van der Waals surface area contributed by atoms with E-state index in [2.05, 4.69) is 10.0 Å². The molecular formula is C14H9N5O2. The van der Waals surface area contributed by atoms with Gasteiger partial charge in [0.05, 0.1) is 17.1 Å². The van der Waals surface area contributed by atoms with Crippen molar-refractivity contribution < 1.29 is 9.59 Å². The minimum absolute atomic E-state index is 0.0777. The highest BCUT2D eigenvalue weighted by molar-refractivity contribution is 6.04. The third-order valence-electron chi connectivity index (χ3n) is 3.21. The third-order valence-corrected chi connectivity index (χ3v) is 3.21. The van der Waals surface area contributed by atoms with Crippen molar-refractivity contribution in [2.24, 2.45) is 10.8 Å². The van der Waals surface area contributed by atoms with Gasteiger partial charge in [0.25, 0.3) is 5.91 Å². The Morgan fingerprint density at radius 2 is 2.10 bits per heavy atom. The van der Waals surface area contributed by atoms with Crippen LogP contribution in [-0.4, -0.2) is 16.7 Å². The van der Waals surface area contributed by atoms with Crippen molar-refractivity contribution in [3.63, 3.8) is 0 Å². The van der Waals surface area contributed by atoms with Crippen molar-refractivity contribution in [1.29, 1.82) is 0 Å². The highest BCUT2D eigenvalue weighted by Crippen LogP contribution is 2.34. The zero-order chi connectivity index (χ0) is 15.0. The van der Waals surface area contributed by atoms with Gasteiger partial charge in [0.1, 0.15) is 0 Å². The zero-order valence-electron chi connectivity index (χ0n) is 10.7. The first kappa shape index (κ1) is 12.7. The molecule has 2 amide bonds. The van der Waals surface area contributed by atoms with Crippen molar-refractivity contribution in [1.82, 2.24) is 4.90 Å². The van der Waals surface area contributed by atoms with Crippen LogP contribution in [0.1, 0.15) is 20.7 Å². The van der Waals surface area contributed by atoms with Crippen LogP contribution < -0.4 is 5.73 Å². The number of hydrogen-bond donors (Lipinski definition) is 1. The van der Waals surface area contributed by atoms with E-state index >= 15 is 0 Å². The van der Waals surface area contributed by atoms with E-state index in [-0.39, 0.29) is 22.7 Å². The Morgan fingerprint density at radius 1 is 1.29 bits per heavy atom. The smallest absolute Gasteiger partial charge is 0.263 e. The Bertz CT molecular complexity index is 801. The number of amides is 2. The predicted molar refractivity (Wildman–Crippen MR) is 75.2 cm³/mol. The van der Waals surface area contributed by atoms with E-state index < -0.39 is 5.91 Å². The van der Waals surface area contributed by atoms with Crippen molar-refractivity contribution in [2.45, 2.75) is 0 Å². The SMILES string of the molecule is [N-]=[N+]=Nc1cc(C(N)=O)ccc1C(=O)N1c2cccc1c2. The minimum atomic E-state index is -0.655. The maximum atomic E-state index is 12.5. The van der Waals surface area contributed by atoms with Crippen LogP contribution in [0.15, 0.2) is 59.0 Å². The number of carbonyl (C=O) groups is 2. The van der Waals surface area contributed by atoms with E-state index in [4.69, 9.17) is 11.3 Å². The molecule has 1 aromatic rings. The van der Waals surface area contributed by atoms with E-state index in [0.717, 1.165) is 11.4 Å². The van der Waals surface area contributed by atoms with Crippen LogP contribution >= 0.6 is 0 Å². The second-order valence-corrected chi connectivity index (χ2v) is 4.45. The zero-order valence-corrected chi connectivity index (χ0v) is 10.7. The molecule has 0 fully saturated rings. The molecule has 2 aliphatic heterocycles. The molecule has 0 atom stereocenters. The average Bonchev–Trinajstić information content (AvgIpc) is 2.48. The molecule has 2 heterocycles. The van der Waals surface area contributed by atoms with Crippen molar-refractivity contribution in [3.8, 4) is 0 Å².